The van der Waals surface area contributed by atoms with Crippen molar-refractivity contribution < 1.29 is 4.74 Å². The Morgan fingerprint density at radius 3 is 2.33 bits per heavy atom. The average Bonchev–Trinajstić information content (AvgIpc) is 3.25. The highest BCUT2D eigenvalue weighted by molar-refractivity contribution is 5.79. The number of hydrogen-bond donors (Lipinski definition) is 2. The van der Waals surface area contributed by atoms with Crippen LogP contribution in [0.3, 0.4) is 0 Å². The molecule has 0 radical (unpaired) electrons. The summed E-state index contributed by atoms with van der Waals surface area (Å²) >= 11 is 0. The van der Waals surface area contributed by atoms with E-state index in [1.807, 2.05) is 7.05 Å². The van der Waals surface area contributed by atoms with Crippen LogP contribution < -0.4 is 10.6 Å². The van der Waals surface area contributed by atoms with E-state index in [9.17, 15) is 0 Å². The van der Waals surface area contributed by atoms with Gasteiger partial charge in [0.15, 0.2) is 5.96 Å². The van der Waals surface area contributed by atoms with E-state index in [0.717, 1.165) is 37.6 Å². The molecule has 0 aromatic rings. The largest absolute Gasteiger partial charge is 0.383 e. The van der Waals surface area contributed by atoms with Gasteiger partial charge in [0, 0.05) is 52.4 Å². The van der Waals surface area contributed by atoms with E-state index < -0.39 is 0 Å². The van der Waals surface area contributed by atoms with E-state index in [4.69, 9.17) is 4.74 Å². The molecule has 0 atom stereocenters. The van der Waals surface area contributed by atoms with Gasteiger partial charge in [-0.15, -0.1) is 0 Å². The van der Waals surface area contributed by atoms with Crippen molar-refractivity contribution >= 4 is 5.96 Å². The van der Waals surface area contributed by atoms with Gasteiger partial charge in [0.05, 0.1) is 6.61 Å². The first-order valence-corrected chi connectivity index (χ1v) is 11.2. The second kappa shape index (κ2) is 11.2. The molecule has 0 spiro atoms. The highest BCUT2D eigenvalue weighted by Crippen LogP contribution is 2.26. The van der Waals surface area contributed by atoms with E-state index in [1.54, 1.807) is 7.11 Å². The van der Waals surface area contributed by atoms with Gasteiger partial charge in [-0.25, -0.2) is 0 Å². The van der Waals surface area contributed by atoms with Crippen LogP contribution in [-0.2, 0) is 4.74 Å². The van der Waals surface area contributed by atoms with Gasteiger partial charge in [-0.1, -0.05) is 12.8 Å². The summed E-state index contributed by atoms with van der Waals surface area (Å²) < 4.78 is 5.19. The number of guanidine groups is 1. The molecule has 0 bridgehead atoms. The lowest BCUT2D eigenvalue weighted by Gasteiger charge is -2.37. The molecule has 27 heavy (non-hydrogen) atoms. The Kier molecular flexibility index (Phi) is 8.68. The fourth-order valence-corrected chi connectivity index (χ4v) is 4.94. The van der Waals surface area contributed by atoms with Crippen molar-refractivity contribution in [2.45, 2.75) is 63.5 Å². The normalized spacial score (nSPS) is 25.2. The summed E-state index contributed by atoms with van der Waals surface area (Å²) in [6.07, 6.45) is 10.7. The van der Waals surface area contributed by atoms with Gasteiger partial charge in [0.1, 0.15) is 0 Å². The quantitative estimate of drug-likeness (QED) is 0.523. The zero-order valence-electron chi connectivity index (χ0n) is 17.6. The Morgan fingerprint density at radius 1 is 1.00 bits per heavy atom. The minimum atomic E-state index is 0.574. The maximum atomic E-state index is 5.19. The third-order valence-corrected chi connectivity index (χ3v) is 6.81. The number of ether oxygens (including phenoxy) is 1. The predicted molar refractivity (Wildman–Crippen MR) is 112 cm³/mol. The lowest BCUT2D eigenvalue weighted by atomic mass is 9.97. The standard InChI is InChI=1S/C21H41N5O/c1-22-21(23-17-18-7-11-25(12-8-18)15-16-27-2)24-19-9-13-26(14-10-19)20-5-3-4-6-20/h18-20H,3-17H2,1-2H3,(H2,22,23,24). The minimum absolute atomic E-state index is 0.574. The minimum Gasteiger partial charge on any atom is -0.383 e. The first-order valence-electron chi connectivity index (χ1n) is 11.2. The highest BCUT2D eigenvalue weighted by atomic mass is 16.5. The molecule has 6 nitrogen and oxygen atoms in total. The fraction of sp³-hybridized carbons (Fsp3) is 0.952. The molecule has 2 heterocycles. The van der Waals surface area contributed by atoms with Gasteiger partial charge in [-0.2, -0.15) is 0 Å². The number of nitrogens with zero attached hydrogens (tertiary/aromatic N) is 3. The molecule has 0 aromatic heterocycles. The van der Waals surface area contributed by atoms with Crippen LogP contribution in [-0.4, -0.2) is 87.9 Å². The molecule has 0 unspecified atom stereocenters. The maximum Gasteiger partial charge on any atom is 0.191 e. The van der Waals surface area contributed by atoms with Crippen molar-refractivity contribution in [2.24, 2.45) is 10.9 Å². The summed E-state index contributed by atoms with van der Waals surface area (Å²) in [7, 11) is 3.68. The SMILES string of the molecule is CN=C(NCC1CCN(CCOC)CC1)NC1CCN(C2CCCC2)CC1. The van der Waals surface area contributed by atoms with Gasteiger partial charge in [0.25, 0.3) is 0 Å². The van der Waals surface area contributed by atoms with Crippen molar-refractivity contribution in [3.8, 4) is 0 Å². The number of hydrogen-bond acceptors (Lipinski definition) is 4. The molecular formula is C21H41N5O. The van der Waals surface area contributed by atoms with Gasteiger partial charge in [-0.3, -0.25) is 4.99 Å². The number of methoxy groups -OCH3 is 1. The molecule has 6 heteroatoms. The molecule has 3 rings (SSSR count). The van der Waals surface area contributed by atoms with Crippen LogP contribution in [0.25, 0.3) is 0 Å². The van der Waals surface area contributed by atoms with Gasteiger partial charge in [0.2, 0.25) is 0 Å². The van der Waals surface area contributed by atoms with Crippen LogP contribution in [0.2, 0.25) is 0 Å². The Morgan fingerprint density at radius 2 is 1.70 bits per heavy atom. The van der Waals surface area contributed by atoms with Crippen molar-refractivity contribution in [1.82, 2.24) is 20.4 Å². The fourth-order valence-electron chi connectivity index (χ4n) is 4.94. The molecule has 156 valence electrons. The number of nitrogens with one attached hydrogen (secondary N) is 2. The average molecular weight is 380 g/mol. The Balaban J connectivity index is 1.31. The molecule has 3 fully saturated rings. The van der Waals surface area contributed by atoms with E-state index in [2.05, 4.69) is 25.4 Å². The van der Waals surface area contributed by atoms with Crippen molar-refractivity contribution in [2.75, 3.05) is 60.0 Å². The number of piperidine rings is 2. The van der Waals surface area contributed by atoms with Crippen molar-refractivity contribution in [3.63, 3.8) is 0 Å². The van der Waals surface area contributed by atoms with E-state index >= 15 is 0 Å². The number of likely N-dealkylation sites (tertiary alicyclic amines) is 2. The highest BCUT2D eigenvalue weighted by Gasteiger charge is 2.27. The molecule has 2 N–H and O–H groups in total. The smallest absolute Gasteiger partial charge is 0.191 e. The van der Waals surface area contributed by atoms with Crippen LogP contribution in [0.4, 0.5) is 0 Å². The van der Waals surface area contributed by atoms with Gasteiger partial charge >= 0.3 is 0 Å². The third kappa shape index (κ3) is 6.61. The Bertz CT molecular complexity index is 436. The van der Waals surface area contributed by atoms with Gasteiger partial charge < -0.3 is 25.2 Å². The summed E-state index contributed by atoms with van der Waals surface area (Å²) in [5.74, 6) is 1.75. The second-order valence-electron chi connectivity index (χ2n) is 8.62. The van der Waals surface area contributed by atoms with Crippen LogP contribution >= 0.6 is 0 Å². The zero-order chi connectivity index (χ0) is 18.9. The van der Waals surface area contributed by atoms with Crippen molar-refractivity contribution in [3.05, 3.63) is 0 Å². The lowest BCUT2D eigenvalue weighted by Crippen LogP contribution is -2.51. The summed E-state index contributed by atoms with van der Waals surface area (Å²) in [4.78, 5) is 9.73. The molecule has 1 saturated carbocycles. The van der Waals surface area contributed by atoms with Crippen LogP contribution in [0.5, 0.6) is 0 Å². The summed E-state index contributed by atoms with van der Waals surface area (Å²) in [5.41, 5.74) is 0. The molecule has 3 aliphatic rings. The summed E-state index contributed by atoms with van der Waals surface area (Å²) in [5, 5.41) is 7.27. The van der Waals surface area contributed by atoms with Gasteiger partial charge in [-0.05, 0) is 57.5 Å². The molecule has 0 aromatic carbocycles. The summed E-state index contributed by atoms with van der Waals surface area (Å²) in [6, 6.07) is 1.45. The van der Waals surface area contributed by atoms with E-state index in [-0.39, 0.29) is 0 Å². The van der Waals surface area contributed by atoms with Crippen LogP contribution in [0, 0.1) is 5.92 Å². The Labute approximate surface area is 166 Å². The monoisotopic (exact) mass is 379 g/mol. The van der Waals surface area contributed by atoms with Crippen LogP contribution in [0.15, 0.2) is 4.99 Å². The van der Waals surface area contributed by atoms with E-state index in [0.29, 0.717) is 6.04 Å². The first kappa shape index (κ1) is 20.9. The second-order valence-corrected chi connectivity index (χ2v) is 8.62. The lowest BCUT2D eigenvalue weighted by molar-refractivity contribution is 0.120. The predicted octanol–water partition coefficient (Wildman–Crippen LogP) is 1.92. The molecular weight excluding hydrogens is 338 g/mol. The number of rotatable bonds is 7. The zero-order valence-corrected chi connectivity index (χ0v) is 17.6. The molecule has 0 amide bonds. The molecule has 2 aliphatic heterocycles. The van der Waals surface area contributed by atoms with Crippen LogP contribution in [0.1, 0.15) is 51.4 Å². The molecule has 1 aliphatic carbocycles. The first-order chi connectivity index (χ1) is 13.3. The molecule has 2 saturated heterocycles. The summed E-state index contributed by atoms with van der Waals surface area (Å²) in [6.45, 7) is 7.85. The maximum absolute atomic E-state index is 5.19. The number of aliphatic imine (C=N–C) groups is 1. The topological polar surface area (TPSA) is 52.1 Å². The van der Waals surface area contributed by atoms with Crippen molar-refractivity contribution in [1.29, 1.82) is 0 Å². The third-order valence-electron chi connectivity index (χ3n) is 6.81. The Hall–Kier alpha value is -0.850. The van der Waals surface area contributed by atoms with E-state index in [1.165, 1.54) is 77.5 Å².